The molecule has 3 N–H and O–H groups in total. The van der Waals surface area contributed by atoms with Crippen LogP contribution in [0.3, 0.4) is 0 Å². The molecule has 1 aromatic carbocycles. The van der Waals surface area contributed by atoms with Crippen LogP contribution >= 0.6 is 0 Å². The molecule has 0 aliphatic rings. The van der Waals surface area contributed by atoms with E-state index in [2.05, 4.69) is 16.2 Å². The zero-order valence-electron chi connectivity index (χ0n) is 16.2. The van der Waals surface area contributed by atoms with E-state index in [4.69, 9.17) is 9.57 Å². The summed E-state index contributed by atoms with van der Waals surface area (Å²) in [6.45, 7) is 7.83. The van der Waals surface area contributed by atoms with Crippen molar-refractivity contribution >= 4 is 16.6 Å². The van der Waals surface area contributed by atoms with Gasteiger partial charge in [-0.15, -0.1) is 0 Å². The molecule has 0 aliphatic heterocycles. The minimum atomic E-state index is -1.15. The van der Waals surface area contributed by atoms with Crippen LogP contribution in [0.25, 0.3) is 10.9 Å². The molecule has 0 unspecified atom stereocenters. The van der Waals surface area contributed by atoms with Crippen LogP contribution in [0.2, 0.25) is 0 Å². The summed E-state index contributed by atoms with van der Waals surface area (Å²) >= 11 is 0. The van der Waals surface area contributed by atoms with Gasteiger partial charge in [0.05, 0.1) is 6.10 Å². The van der Waals surface area contributed by atoms with Crippen LogP contribution in [-0.4, -0.2) is 52.9 Å². The fraction of sp³-hybridized carbons (Fsp3) is 0.550. The normalized spacial score (nSPS) is 16.5. The molecule has 6 heteroatoms. The van der Waals surface area contributed by atoms with E-state index in [1.54, 1.807) is 7.11 Å². The van der Waals surface area contributed by atoms with E-state index in [0.717, 1.165) is 16.5 Å². The van der Waals surface area contributed by atoms with Crippen molar-refractivity contribution in [2.45, 2.75) is 52.4 Å². The van der Waals surface area contributed by atoms with Gasteiger partial charge in [0, 0.05) is 30.6 Å². The number of aliphatic hydroxyl groups is 2. The topological polar surface area (TPSA) is 87.1 Å². The minimum absolute atomic E-state index is 0.300. The molecule has 3 atom stereocenters. The highest BCUT2D eigenvalue weighted by Crippen LogP contribution is 2.25. The van der Waals surface area contributed by atoms with Gasteiger partial charge in [0.2, 0.25) is 0 Å². The summed E-state index contributed by atoms with van der Waals surface area (Å²) in [7, 11) is 1.56. The number of benzene rings is 1. The molecule has 0 radical (unpaired) electrons. The second-order valence-corrected chi connectivity index (χ2v) is 7.63. The first-order chi connectivity index (χ1) is 12.3. The summed E-state index contributed by atoms with van der Waals surface area (Å²) in [6, 6.07) is 8.09. The Morgan fingerprint density at radius 3 is 2.54 bits per heavy atom. The number of rotatable bonds is 8. The minimum Gasteiger partial charge on any atom is -0.395 e. The highest BCUT2D eigenvalue weighted by atomic mass is 16.6. The van der Waals surface area contributed by atoms with Gasteiger partial charge in [0.1, 0.15) is 24.5 Å². The van der Waals surface area contributed by atoms with Crippen molar-refractivity contribution in [1.82, 2.24) is 4.98 Å². The number of fused-ring (bicyclic) bond motifs is 1. The van der Waals surface area contributed by atoms with E-state index in [9.17, 15) is 10.2 Å². The average Bonchev–Trinajstić information content (AvgIpc) is 2.99. The van der Waals surface area contributed by atoms with Crippen LogP contribution in [-0.2, 0) is 16.0 Å². The number of nitrogens with zero attached hydrogens (tertiary/aromatic N) is 1. The second-order valence-electron chi connectivity index (χ2n) is 7.63. The third-order valence-electron chi connectivity index (χ3n) is 4.36. The summed E-state index contributed by atoms with van der Waals surface area (Å²) in [5.41, 5.74) is 2.23. The number of hydrogen-bond acceptors (Lipinski definition) is 5. The van der Waals surface area contributed by atoms with Crippen LogP contribution in [0, 0.1) is 5.41 Å². The van der Waals surface area contributed by atoms with Gasteiger partial charge in [-0.05, 0) is 24.0 Å². The molecule has 0 fully saturated rings. The fourth-order valence-corrected chi connectivity index (χ4v) is 3.04. The molecular formula is C20H30N2O4. The van der Waals surface area contributed by atoms with E-state index in [1.165, 1.54) is 6.92 Å². The first-order valence-electron chi connectivity index (χ1n) is 8.89. The molecule has 2 rings (SSSR count). The SMILES string of the molecule is CO[C@H](/C(=N\OCCc1c[nH]c2ccccc12)[C@@H](O)[C@@H](C)O)C(C)(C)C. The summed E-state index contributed by atoms with van der Waals surface area (Å²) in [4.78, 5) is 8.72. The highest BCUT2D eigenvalue weighted by molar-refractivity contribution is 5.93. The van der Waals surface area contributed by atoms with Crippen LogP contribution in [0.4, 0.5) is 0 Å². The van der Waals surface area contributed by atoms with Gasteiger partial charge in [-0.2, -0.15) is 0 Å². The average molecular weight is 362 g/mol. The Morgan fingerprint density at radius 1 is 1.23 bits per heavy atom. The number of hydrogen-bond donors (Lipinski definition) is 3. The van der Waals surface area contributed by atoms with Gasteiger partial charge >= 0.3 is 0 Å². The summed E-state index contributed by atoms with van der Waals surface area (Å²) < 4.78 is 5.52. The maximum absolute atomic E-state index is 10.3. The Morgan fingerprint density at radius 2 is 1.92 bits per heavy atom. The zero-order chi connectivity index (χ0) is 19.3. The number of methoxy groups -OCH3 is 1. The number of ether oxygens (including phenoxy) is 1. The predicted molar refractivity (Wildman–Crippen MR) is 103 cm³/mol. The smallest absolute Gasteiger partial charge is 0.124 e. The van der Waals surface area contributed by atoms with E-state index in [1.807, 2.05) is 45.2 Å². The maximum Gasteiger partial charge on any atom is 0.124 e. The first kappa shape index (κ1) is 20.4. The Bertz CT molecular complexity index is 731. The van der Waals surface area contributed by atoms with E-state index in [0.29, 0.717) is 18.7 Å². The van der Waals surface area contributed by atoms with Gasteiger partial charge in [-0.3, -0.25) is 0 Å². The summed E-state index contributed by atoms with van der Waals surface area (Å²) in [5, 5.41) is 25.4. The molecule has 144 valence electrons. The number of H-pyrrole nitrogens is 1. The van der Waals surface area contributed by atoms with Crippen molar-refractivity contribution < 1.29 is 19.8 Å². The number of aromatic amines is 1. The number of aromatic nitrogens is 1. The quantitative estimate of drug-likeness (QED) is 0.383. The lowest BCUT2D eigenvalue weighted by Crippen LogP contribution is -2.46. The number of aliphatic hydroxyl groups excluding tert-OH is 2. The lowest BCUT2D eigenvalue weighted by atomic mass is 9.83. The third kappa shape index (κ3) is 4.84. The molecule has 1 aromatic heterocycles. The van der Waals surface area contributed by atoms with Crippen molar-refractivity contribution in [3.63, 3.8) is 0 Å². The van der Waals surface area contributed by atoms with Crippen LogP contribution < -0.4 is 0 Å². The lowest BCUT2D eigenvalue weighted by molar-refractivity contribution is 0.0262. The molecule has 6 nitrogen and oxygen atoms in total. The van der Waals surface area contributed by atoms with Gasteiger partial charge < -0.3 is 24.8 Å². The first-order valence-corrected chi connectivity index (χ1v) is 8.89. The predicted octanol–water partition coefficient (Wildman–Crippen LogP) is 2.89. The zero-order valence-corrected chi connectivity index (χ0v) is 16.2. The van der Waals surface area contributed by atoms with Gasteiger partial charge in [-0.25, -0.2) is 0 Å². The number of para-hydroxylation sites is 1. The Kier molecular flexibility index (Phi) is 6.81. The van der Waals surface area contributed by atoms with Crippen LogP contribution in [0.5, 0.6) is 0 Å². The van der Waals surface area contributed by atoms with Crippen molar-refractivity contribution in [2.75, 3.05) is 13.7 Å². The van der Waals surface area contributed by atoms with Crippen molar-refractivity contribution in [2.24, 2.45) is 10.6 Å². The maximum atomic E-state index is 10.3. The molecule has 0 saturated heterocycles. The molecule has 1 heterocycles. The Labute approximate surface area is 154 Å². The molecule has 0 aliphatic carbocycles. The molecule has 0 saturated carbocycles. The van der Waals surface area contributed by atoms with Crippen LogP contribution in [0.1, 0.15) is 33.3 Å². The van der Waals surface area contributed by atoms with E-state index >= 15 is 0 Å². The number of nitrogens with one attached hydrogen (secondary N) is 1. The molecule has 2 aromatic rings. The Balaban J connectivity index is 2.09. The van der Waals surface area contributed by atoms with Crippen molar-refractivity contribution in [3.05, 3.63) is 36.0 Å². The largest absolute Gasteiger partial charge is 0.395 e. The molecule has 0 bridgehead atoms. The molecule has 26 heavy (non-hydrogen) atoms. The summed E-state index contributed by atoms with van der Waals surface area (Å²) in [5.74, 6) is 0. The third-order valence-corrected chi connectivity index (χ3v) is 4.36. The lowest BCUT2D eigenvalue weighted by Gasteiger charge is -2.32. The molecule has 0 amide bonds. The van der Waals surface area contributed by atoms with E-state index < -0.39 is 18.3 Å². The monoisotopic (exact) mass is 362 g/mol. The molecule has 0 spiro atoms. The van der Waals surface area contributed by atoms with Crippen molar-refractivity contribution in [3.8, 4) is 0 Å². The standard InChI is InChI=1S/C20H30N2O4/c1-13(23)18(24)17(19(25-5)20(2,3)4)22-26-11-10-14-12-21-16-9-7-6-8-15(14)16/h6-9,12-13,18-19,21,23-24H,10-11H2,1-5H3/b22-17-/t13-,18+,19-/m1/s1. The number of oxime groups is 1. The highest BCUT2D eigenvalue weighted by Gasteiger charge is 2.35. The van der Waals surface area contributed by atoms with Gasteiger partial charge in [0.15, 0.2) is 0 Å². The fourth-order valence-electron chi connectivity index (χ4n) is 3.04. The van der Waals surface area contributed by atoms with Gasteiger partial charge in [0.25, 0.3) is 0 Å². The van der Waals surface area contributed by atoms with Crippen LogP contribution in [0.15, 0.2) is 35.6 Å². The van der Waals surface area contributed by atoms with Crippen molar-refractivity contribution in [1.29, 1.82) is 0 Å². The Hall–Kier alpha value is -1.89. The molecular weight excluding hydrogens is 332 g/mol. The second kappa shape index (κ2) is 8.66. The van der Waals surface area contributed by atoms with Gasteiger partial charge in [-0.1, -0.05) is 44.1 Å². The summed E-state index contributed by atoms with van der Waals surface area (Å²) in [6.07, 6.45) is 0.0632. The van der Waals surface area contributed by atoms with E-state index in [-0.39, 0.29) is 5.41 Å².